The molecule has 0 radical (unpaired) electrons. The van der Waals surface area contributed by atoms with Gasteiger partial charge in [0.05, 0.1) is 11.8 Å². The Balaban J connectivity index is 0.00000272. The number of alkyl halides is 3. The van der Waals surface area contributed by atoms with Crippen molar-refractivity contribution in [3.8, 4) is 0 Å². The van der Waals surface area contributed by atoms with E-state index in [1.54, 1.807) is 4.90 Å². The fourth-order valence-electron chi connectivity index (χ4n) is 4.13. The normalized spacial score (nSPS) is 22.0. The van der Waals surface area contributed by atoms with Crippen LogP contribution in [0.15, 0.2) is 71.3 Å². The number of piperidine rings is 1. The van der Waals surface area contributed by atoms with Gasteiger partial charge in [-0.1, -0.05) is 60.7 Å². The molecule has 3 N–H and O–H groups in total. The maximum atomic E-state index is 13.3. The number of hydrazone groups is 1. The van der Waals surface area contributed by atoms with Crippen molar-refractivity contribution in [2.45, 2.75) is 12.2 Å². The summed E-state index contributed by atoms with van der Waals surface area (Å²) in [5.74, 6) is -0.434. The van der Waals surface area contributed by atoms with Gasteiger partial charge in [0.1, 0.15) is 6.54 Å². The summed E-state index contributed by atoms with van der Waals surface area (Å²) in [6.07, 6.45) is -2.46. The zero-order chi connectivity index (χ0) is 21.3. The summed E-state index contributed by atoms with van der Waals surface area (Å²) in [4.78, 5) is 1.69. The summed E-state index contributed by atoms with van der Waals surface area (Å²) in [7, 11) is 0. The van der Waals surface area contributed by atoms with Gasteiger partial charge in [0, 0.05) is 19.0 Å². The highest BCUT2D eigenvalue weighted by molar-refractivity contribution is 6.08. The number of nitrogens with zero attached hydrogens (tertiary/aromatic N) is 3. The maximum absolute atomic E-state index is 13.3. The van der Waals surface area contributed by atoms with Crippen LogP contribution < -0.4 is 5.73 Å². The SMILES string of the molecule is Cl.N=C(N)N1CC(=Cc2ccccc2)C2=NN(CC(F)(F)F)C(c3ccccc3)C2C1. The van der Waals surface area contributed by atoms with E-state index in [0.717, 1.165) is 21.7 Å². The number of fused-ring (bicyclic) bond motifs is 1. The summed E-state index contributed by atoms with van der Waals surface area (Å²) in [5.41, 5.74) is 8.86. The van der Waals surface area contributed by atoms with Crippen molar-refractivity contribution < 1.29 is 13.2 Å². The van der Waals surface area contributed by atoms with Crippen LogP contribution in [0.3, 0.4) is 0 Å². The van der Waals surface area contributed by atoms with Gasteiger partial charge in [-0.15, -0.1) is 12.4 Å². The maximum Gasteiger partial charge on any atom is 0.407 e. The Morgan fingerprint density at radius 2 is 1.71 bits per heavy atom. The van der Waals surface area contributed by atoms with E-state index < -0.39 is 18.8 Å². The van der Waals surface area contributed by atoms with Crippen LogP contribution in [0.1, 0.15) is 17.2 Å². The number of benzene rings is 2. The molecule has 0 aliphatic carbocycles. The Bertz CT molecular complexity index is 976. The second-order valence-electron chi connectivity index (χ2n) is 7.51. The molecule has 0 aromatic heterocycles. The average Bonchev–Trinajstić information content (AvgIpc) is 3.05. The molecule has 2 aliphatic rings. The van der Waals surface area contributed by atoms with Crippen LogP contribution in [-0.4, -0.2) is 47.4 Å². The molecule has 1 saturated heterocycles. The van der Waals surface area contributed by atoms with Crippen molar-refractivity contribution in [3.05, 3.63) is 77.4 Å². The van der Waals surface area contributed by atoms with Crippen molar-refractivity contribution in [3.63, 3.8) is 0 Å². The molecule has 164 valence electrons. The number of halogens is 4. The lowest BCUT2D eigenvalue weighted by atomic mass is 9.83. The minimum atomic E-state index is -4.38. The van der Waals surface area contributed by atoms with Crippen LogP contribution in [-0.2, 0) is 0 Å². The van der Waals surface area contributed by atoms with E-state index in [1.807, 2.05) is 66.7 Å². The number of hydrogen-bond acceptors (Lipinski definition) is 3. The van der Waals surface area contributed by atoms with Crippen molar-refractivity contribution in [1.29, 1.82) is 5.41 Å². The molecular weight excluding hydrogens is 427 g/mol. The number of nitrogens with one attached hydrogen (secondary N) is 1. The summed E-state index contributed by atoms with van der Waals surface area (Å²) in [6, 6.07) is 18.1. The van der Waals surface area contributed by atoms with Gasteiger partial charge in [-0.05, 0) is 22.8 Å². The van der Waals surface area contributed by atoms with Gasteiger partial charge in [-0.2, -0.15) is 18.3 Å². The van der Waals surface area contributed by atoms with Gasteiger partial charge in [-0.25, -0.2) is 0 Å². The van der Waals surface area contributed by atoms with E-state index >= 15 is 0 Å². The molecule has 0 saturated carbocycles. The highest BCUT2D eigenvalue weighted by Gasteiger charge is 2.46. The average molecular weight is 450 g/mol. The minimum absolute atomic E-state index is 0. The Hall–Kier alpha value is -3.00. The summed E-state index contributed by atoms with van der Waals surface area (Å²) in [6.45, 7) is -0.458. The lowest BCUT2D eigenvalue weighted by molar-refractivity contribution is -0.150. The molecular formula is C22H23ClF3N5. The number of likely N-dealkylation sites (tertiary alicyclic amines) is 1. The molecule has 2 unspecified atom stereocenters. The highest BCUT2D eigenvalue weighted by Crippen LogP contribution is 2.42. The van der Waals surface area contributed by atoms with Crippen LogP contribution in [0.2, 0.25) is 0 Å². The molecule has 2 aromatic carbocycles. The van der Waals surface area contributed by atoms with E-state index in [9.17, 15) is 13.2 Å². The van der Waals surface area contributed by atoms with E-state index in [2.05, 4.69) is 5.10 Å². The van der Waals surface area contributed by atoms with Gasteiger partial charge in [0.2, 0.25) is 0 Å². The summed E-state index contributed by atoms with van der Waals surface area (Å²) < 4.78 is 40.0. The van der Waals surface area contributed by atoms with Crippen LogP contribution in [0.25, 0.3) is 6.08 Å². The largest absolute Gasteiger partial charge is 0.407 e. The number of guanidine groups is 1. The monoisotopic (exact) mass is 449 g/mol. The van der Waals surface area contributed by atoms with Gasteiger partial charge in [0.25, 0.3) is 0 Å². The smallest absolute Gasteiger partial charge is 0.370 e. The van der Waals surface area contributed by atoms with Crippen molar-refractivity contribution >= 4 is 30.2 Å². The first-order valence-electron chi connectivity index (χ1n) is 9.63. The third-order valence-electron chi connectivity index (χ3n) is 5.36. The molecule has 1 fully saturated rings. The molecule has 0 spiro atoms. The Morgan fingerprint density at radius 1 is 1.10 bits per heavy atom. The van der Waals surface area contributed by atoms with Crippen LogP contribution in [0.4, 0.5) is 13.2 Å². The van der Waals surface area contributed by atoms with Gasteiger partial charge in [-0.3, -0.25) is 10.4 Å². The van der Waals surface area contributed by atoms with Crippen LogP contribution >= 0.6 is 12.4 Å². The van der Waals surface area contributed by atoms with Crippen molar-refractivity contribution in [2.24, 2.45) is 16.8 Å². The fraction of sp³-hybridized carbons (Fsp3) is 0.273. The van der Waals surface area contributed by atoms with E-state index in [-0.39, 0.29) is 24.3 Å². The fourth-order valence-corrected chi connectivity index (χ4v) is 4.13. The van der Waals surface area contributed by atoms with Crippen LogP contribution in [0.5, 0.6) is 0 Å². The molecule has 4 rings (SSSR count). The van der Waals surface area contributed by atoms with Gasteiger partial charge >= 0.3 is 6.18 Å². The second kappa shape index (κ2) is 9.01. The molecule has 2 aromatic rings. The topological polar surface area (TPSA) is 68.7 Å². The van der Waals surface area contributed by atoms with E-state index in [1.165, 1.54) is 0 Å². The molecule has 2 aliphatic heterocycles. The number of hydrogen-bond donors (Lipinski definition) is 2. The molecule has 2 heterocycles. The summed E-state index contributed by atoms with van der Waals surface area (Å²) >= 11 is 0. The lowest BCUT2D eigenvalue weighted by Crippen LogP contribution is -2.49. The van der Waals surface area contributed by atoms with Crippen molar-refractivity contribution in [1.82, 2.24) is 9.91 Å². The van der Waals surface area contributed by atoms with Crippen LogP contribution in [0, 0.1) is 11.3 Å². The zero-order valence-corrected chi connectivity index (χ0v) is 17.4. The molecule has 0 bridgehead atoms. The first kappa shape index (κ1) is 22.7. The Kier molecular flexibility index (Phi) is 6.59. The third-order valence-corrected chi connectivity index (χ3v) is 5.36. The standard InChI is InChI=1S/C22H22F3N5.ClH/c23-22(24,25)14-30-20(16-9-5-2-6-10-16)18-13-29(21(26)27)12-17(19(18)28-30)11-15-7-3-1-4-8-15;/h1-11,18,20H,12-14H2,(H3,26,27);1H. The minimum Gasteiger partial charge on any atom is -0.370 e. The second-order valence-corrected chi connectivity index (χ2v) is 7.51. The van der Waals surface area contributed by atoms with E-state index in [0.29, 0.717) is 18.8 Å². The Morgan fingerprint density at radius 3 is 2.29 bits per heavy atom. The van der Waals surface area contributed by atoms with E-state index in [4.69, 9.17) is 11.1 Å². The molecule has 31 heavy (non-hydrogen) atoms. The van der Waals surface area contributed by atoms with Gasteiger partial charge < -0.3 is 10.6 Å². The highest BCUT2D eigenvalue weighted by atomic mass is 35.5. The van der Waals surface area contributed by atoms with Gasteiger partial charge in [0.15, 0.2) is 5.96 Å². The molecule has 9 heteroatoms. The number of rotatable bonds is 3. The first-order valence-corrected chi connectivity index (χ1v) is 9.63. The van der Waals surface area contributed by atoms with Crippen molar-refractivity contribution in [2.75, 3.05) is 19.6 Å². The molecule has 2 atom stereocenters. The first-order chi connectivity index (χ1) is 14.3. The Labute approximate surface area is 184 Å². The predicted molar refractivity (Wildman–Crippen MR) is 118 cm³/mol. The third kappa shape index (κ3) is 5.02. The molecule has 0 amide bonds. The summed E-state index contributed by atoms with van der Waals surface area (Å²) in [5, 5.41) is 13.5. The quantitative estimate of drug-likeness (QED) is 0.542. The molecule has 5 nitrogen and oxygen atoms in total. The zero-order valence-electron chi connectivity index (χ0n) is 16.6. The predicted octanol–water partition coefficient (Wildman–Crippen LogP) is 4.29. The lowest BCUT2D eigenvalue weighted by Gasteiger charge is -2.36. The number of nitrogens with two attached hydrogens (primary N) is 1.